The third-order valence-corrected chi connectivity index (χ3v) is 4.17. The largest absolute Gasteiger partial charge is 0.492 e. The summed E-state index contributed by atoms with van der Waals surface area (Å²) in [6, 6.07) is 7.37. The SMILES string of the molecule is CCNC(=NCCCN1CCOCC1)NCCOc1cccc(NC(C)=O)c1.I. The van der Waals surface area contributed by atoms with Gasteiger partial charge in [0.1, 0.15) is 12.4 Å². The van der Waals surface area contributed by atoms with Crippen molar-refractivity contribution < 1.29 is 14.3 Å². The Morgan fingerprint density at radius 1 is 1.28 bits per heavy atom. The number of carbonyl (C=O) groups is 1. The molecule has 2 rings (SSSR count). The Hall–Kier alpha value is -1.59. The lowest BCUT2D eigenvalue weighted by molar-refractivity contribution is -0.114. The van der Waals surface area contributed by atoms with Crippen molar-refractivity contribution in [3.8, 4) is 5.75 Å². The summed E-state index contributed by atoms with van der Waals surface area (Å²) in [6.45, 7) is 11.0. The van der Waals surface area contributed by atoms with Gasteiger partial charge >= 0.3 is 0 Å². The zero-order valence-corrected chi connectivity index (χ0v) is 19.7. The predicted octanol–water partition coefficient (Wildman–Crippen LogP) is 1.92. The van der Waals surface area contributed by atoms with Crippen LogP contribution in [0.15, 0.2) is 29.3 Å². The van der Waals surface area contributed by atoms with E-state index in [1.807, 2.05) is 24.3 Å². The van der Waals surface area contributed by atoms with Crippen LogP contribution in [0.2, 0.25) is 0 Å². The molecule has 1 saturated heterocycles. The van der Waals surface area contributed by atoms with Crippen molar-refractivity contribution in [3.63, 3.8) is 0 Å². The van der Waals surface area contributed by atoms with Gasteiger partial charge in [-0.1, -0.05) is 6.07 Å². The number of amides is 1. The Morgan fingerprint density at radius 2 is 2.07 bits per heavy atom. The Balaban J connectivity index is 0.00000420. The fourth-order valence-corrected chi connectivity index (χ4v) is 2.86. The van der Waals surface area contributed by atoms with E-state index in [9.17, 15) is 4.79 Å². The summed E-state index contributed by atoms with van der Waals surface area (Å²) in [7, 11) is 0. The number of nitrogens with zero attached hydrogens (tertiary/aromatic N) is 2. The highest BCUT2D eigenvalue weighted by atomic mass is 127. The molecule has 1 aliphatic rings. The first kappa shape index (κ1) is 25.4. The van der Waals surface area contributed by atoms with E-state index in [1.165, 1.54) is 6.92 Å². The lowest BCUT2D eigenvalue weighted by Gasteiger charge is -2.26. The first-order chi connectivity index (χ1) is 13.7. The molecule has 1 aliphatic heterocycles. The van der Waals surface area contributed by atoms with Crippen LogP contribution < -0.4 is 20.7 Å². The predicted molar refractivity (Wildman–Crippen MR) is 128 cm³/mol. The molecule has 1 heterocycles. The number of hydrogen-bond acceptors (Lipinski definition) is 5. The Labute approximate surface area is 190 Å². The number of rotatable bonds is 10. The zero-order valence-electron chi connectivity index (χ0n) is 17.4. The average molecular weight is 519 g/mol. The van der Waals surface area contributed by atoms with Gasteiger partial charge in [0.25, 0.3) is 0 Å². The Bertz CT molecular complexity index is 624. The number of hydrogen-bond donors (Lipinski definition) is 3. The van der Waals surface area contributed by atoms with Crippen molar-refractivity contribution in [1.82, 2.24) is 15.5 Å². The van der Waals surface area contributed by atoms with Gasteiger partial charge in [0, 0.05) is 51.4 Å². The van der Waals surface area contributed by atoms with Crippen molar-refractivity contribution in [2.75, 3.05) is 64.4 Å². The second-order valence-electron chi connectivity index (χ2n) is 6.55. The maximum Gasteiger partial charge on any atom is 0.221 e. The summed E-state index contributed by atoms with van der Waals surface area (Å²) in [5, 5.41) is 9.29. The number of benzene rings is 1. The first-order valence-corrected chi connectivity index (χ1v) is 10.00. The van der Waals surface area contributed by atoms with Gasteiger partial charge in [0.15, 0.2) is 5.96 Å². The molecule has 0 radical (unpaired) electrons. The molecule has 0 spiro atoms. The molecular formula is C20H34IN5O3. The number of nitrogens with one attached hydrogen (secondary N) is 3. The van der Waals surface area contributed by atoms with Crippen molar-refractivity contribution in [2.24, 2.45) is 4.99 Å². The van der Waals surface area contributed by atoms with E-state index in [2.05, 4.69) is 32.8 Å². The average Bonchev–Trinajstić information content (AvgIpc) is 2.69. The van der Waals surface area contributed by atoms with Gasteiger partial charge in [0.05, 0.1) is 19.8 Å². The molecule has 1 amide bonds. The minimum Gasteiger partial charge on any atom is -0.492 e. The number of carbonyl (C=O) groups excluding carboxylic acids is 1. The van der Waals surface area contributed by atoms with Crippen LogP contribution in [-0.2, 0) is 9.53 Å². The Kier molecular flexibility index (Phi) is 13.4. The van der Waals surface area contributed by atoms with E-state index in [-0.39, 0.29) is 29.9 Å². The summed E-state index contributed by atoms with van der Waals surface area (Å²) in [5.74, 6) is 1.43. The number of morpholine rings is 1. The molecule has 0 aliphatic carbocycles. The molecule has 0 unspecified atom stereocenters. The lowest BCUT2D eigenvalue weighted by atomic mass is 10.3. The summed E-state index contributed by atoms with van der Waals surface area (Å²) in [4.78, 5) is 18.2. The highest BCUT2D eigenvalue weighted by Gasteiger charge is 2.09. The second-order valence-corrected chi connectivity index (χ2v) is 6.55. The monoisotopic (exact) mass is 519 g/mol. The van der Waals surface area contributed by atoms with Crippen molar-refractivity contribution in [2.45, 2.75) is 20.3 Å². The zero-order chi connectivity index (χ0) is 20.0. The summed E-state index contributed by atoms with van der Waals surface area (Å²) in [6.07, 6.45) is 1.03. The lowest BCUT2D eigenvalue weighted by Crippen LogP contribution is -2.39. The van der Waals surface area contributed by atoms with Crippen LogP contribution in [0.4, 0.5) is 5.69 Å². The summed E-state index contributed by atoms with van der Waals surface area (Å²) >= 11 is 0. The number of anilines is 1. The molecule has 29 heavy (non-hydrogen) atoms. The van der Waals surface area contributed by atoms with Crippen LogP contribution >= 0.6 is 24.0 Å². The molecule has 0 bridgehead atoms. The molecule has 9 heteroatoms. The van der Waals surface area contributed by atoms with Crippen LogP contribution in [0.1, 0.15) is 20.3 Å². The minimum atomic E-state index is -0.0982. The topological polar surface area (TPSA) is 87.2 Å². The second kappa shape index (κ2) is 15.3. The van der Waals surface area contributed by atoms with Gasteiger partial charge in [-0.3, -0.25) is 14.7 Å². The molecular weight excluding hydrogens is 485 g/mol. The van der Waals surface area contributed by atoms with Gasteiger partial charge in [-0.25, -0.2) is 0 Å². The Morgan fingerprint density at radius 3 is 2.79 bits per heavy atom. The van der Waals surface area contributed by atoms with Crippen LogP contribution in [0.25, 0.3) is 0 Å². The highest BCUT2D eigenvalue weighted by Crippen LogP contribution is 2.16. The smallest absolute Gasteiger partial charge is 0.221 e. The number of aliphatic imine (C=N–C) groups is 1. The van der Waals surface area contributed by atoms with Gasteiger partial charge in [-0.15, -0.1) is 24.0 Å². The molecule has 1 aromatic carbocycles. The molecule has 0 aromatic heterocycles. The molecule has 3 N–H and O–H groups in total. The molecule has 1 fully saturated rings. The maximum atomic E-state index is 11.1. The van der Waals surface area contributed by atoms with Crippen molar-refractivity contribution >= 4 is 41.5 Å². The van der Waals surface area contributed by atoms with Gasteiger partial charge in [-0.05, 0) is 25.5 Å². The third-order valence-electron chi connectivity index (χ3n) is 4.17. The third kappa shape index (κ3) is 11.2. The molecule has 8 nitrogen and oxygen atoms in total. The van der Waals surface area contributed by atoms with Crippen LogP contribution in [0.3, 0.4) is 0 Å². The van der Waals surface area contributed by atoms with Crippen LogP contribution in [0, 0.1) is 0 Å². The van der Waals surface area contributed by atoms with E-state index in [1.54, 1.807) is 0 Å². The van der Waals surface area contributed by atoms with E-state index in [0.29, 0.717) is 13.2 Å². The van der Waals surface area contributed by atoms with Gasteiger partial charge < -0.3 is 25.4 Å². The number of guanidine groups is 1. The van der Waals surface area contributed by atoms with E-state index in [4.69, 9.17) is 9.47 Å². The fourth-order valence-electron chi connectivity index (χ4n) is 2.86. The summed E-state index contributed by atoms with van der Waals surface area (Å²) < 4.78 is 11.1. The normalized spacial score (nSPS) is 14.6. The van der Waals surface area contributed by atoms with Gasteiger partial charge in [-0.2, -0.15) is 0 Å². The fraction of sp³-hybridized carbons (Fsp3) is 0.600. The quantitative estimate of drug-likeness (QED) is 0.190. The van der Waals surface area contributed by atoms with E-state index in [0.717, 1.165) is 69.8 Å². The van der Waals surface area contributed by atoms with E-state index < -0.39 is 0 Å². The van der Waals surface area contributed by atoms with Crippen LogP contribution in [-0.4, -0.2) is 75.9 Å². The standard InChI is InChI=1S/C20H33N5O3.HI/c1-3-21-20(22-8-5-10-25-11-14-27-15-12-25)23-9-13-28-19-7-4-6-18(16-19)24-17(2)26;/h4,6-7,16H,3,5,8-15H2,1-2H3,(H,24,26)(H2,21,22,23);1H. The number of halogens is 1. The highest BCUT2D eigenvalue weighted by molar-refractivity contribution is 14.0. The maximum absolute atomic E-state index is 11.1. The summed E-state index contributed by atoms with van der Waals surface area (Å²) in [5.41, 5.74) is 0.730. The van der Waals surface area contributed by atoms with Crippen molar-refractivity contribution in [3.05, 3.63) is 24.3 Å². The molecule has 1 aromatic rings. The van der Waals surface area contributed by atoms with E-state index >= 15 is 0 Å². The molecule has 0 atom stereocenters. The van der Waals surface area contributed by atoms with Crippen LogP contribution in [0.5, 0.6) is 5.75 Å². The first-order valence-electron chi connectivity index (χ1n) is 10.00. The van der Waals surface area contributed by atoms with Gasteiger partial charge in [0.2, 0.25) is 5.91 Å². The number of ether oxygens (including phenoxy) is 2. The molecule has 0 saturated carbocycles. The van der Waals surface area contributed by atoms with Crippen molar-refractivity contribution in [1.29, 1.82) is 0 Å². The minimum absolute atomic E-state index is 0. The molecule has 164 valence electrons.